The molecule has 0 amide bonds. The number of hydrogen-bond acceptors (Lipinski definition) is 5. The summed E-state index contributed by atoms with van der Waals surface area (Å²) in [6.07, 6.45) is 4.29. The van der Waals surface area contributed by atoms with Crippen molar-refractivity contribution in [1.29, 1.82) is 0 Å². The van der Waals surface area contributed by atoms with Crippen molar-refractivity contribution in [1.82, 2.24) is 9.97 Å². The van der Waals surface area contributed by atoms with Crippen molar-refractivity contribution < 1.29 is 4.74 Å². The summed E-state index contributed by atoms with van der Waals surface area (Å²) in [5.41, 5.74) is 7.74. The van der Waals surface area contributed by atoms with Crippen LogP contribution in [0.5, 0.6) is 5.88 Å². The van der Waals surface area contributed by atoms with Gasteiger partial charge in [-0.25, -0.2) is 0 Å². The summed E-state index contributed by atoms with van der Waals surface area (Å²) in [5, 5.41) is 0. The molecule has 0 saturated carbocycles. The van der Waals surface area contributed by atoms with E-state index < -0.39 is 0 Å². The van der Waals surface area contributed by atoms with Gasteiger partial charge in [0.2, 0.25) is 5.88 Å². The molecule has 20 heavy (non-hydrogen) atoms. The molecule has 0 saturated heterocycles. The van der Waals surface area contributed by atoms with Crippen molar-refractivity contribution >= 4 is 11.5 Å². The number of anilines is 2. The average Bonchev–Trinajstić information content (AvgIpc) is 2.52. The summed E-state index contributed by atoms with van der Waals surface area (Å²) in [7, 11) is 1.95. The van der Waals surface area contributed by atoms with E-state index >= 15 is 0 Å². The molecule has 1 heterocycles. The zero-order valence-corrected chi connectivity index (χ0v) is 11.9. The van der Waals surface area contributed by atoms with Gasteiger partial charge in [0.15, 0.2) is 5.82 Å². The van der Waals surface area contributed by atoms with Crippen LogP contribution in [0.4, 0.5) is 11.5 Å². The van der Waals surface area contributed by atoms with E-state index in [9.17, 15) is 0 Å². The lowest BCUT2D eigenvalue weighted by atomic mass is 10.2. The zero-order valence-electron chi connectivity index (χ0n) is 11.9. The quantitative estimate of drug-likeness (QED) is 0.875. The Kier molecular flexibility index (Phi) is 4.90. The molecule has 1 aromatic carbocycles. The maximum absolute atomic E-state index is 5.60. The maximum Gasteiger partial charge on any atom is 0.234 e. The standard InChI is InChI=1S/C15H20N4O/c1-3-8-20-15-11-17-10-14(18-15)19(2)13-6-4-12(9-16)5-7-13/h4-7,10-11H,3,8-9,16H2,1-2H3. The minimum Gasteiger partial charge on any atom is -0.477 e. The SMILES string of the molecule is CCCOc1cncc(N(C)c2ccc(CN)cc2)n1. The predicted octanol–water partition coefficient (Wildman–Crippen LogP) is 2.49. The van der Waals surface area contributed by atoms with Gasteiger partial charge in [-0.2, -0.15) is 4.98 Å². The lowest BCUT2D eigenvalue weighted by molar-refractivity contribution is 0.304. The third-order valence-corrected chi connectivity index (χ3v) is 2.96. The molecular formula is C15H20N4O. The third-order valence-electron chi connectivity index (χ3n) is 2.96. The number of ether oxygens (including phenoxy) is 1. The van der Waals surface area contributed by atoms with E-state index in [1.54, 1.807) is 12.4 Å². The first-order valence-electron chi connectivity index (χ1n) is 6.72. The number of nitrogens with zero attached hydrogens (tertiary/aromatic N) is 3. The highest BCUT2D eigenvalue weighted by Gasteiger charge is 2.07. The smallest absolute Gasteiger partial charge is 0.234 e. The average molecular weight is 272 g/mol. The van der Waals surface area contributed by atoms with Crippen LogP contribution in [0.25, 0.3) is 0 Å². The van der Waals surface area contributed by atoms with Crippen molar-refractivity contribution in [3.63, 3.8) is 0 Å². The minimum absolute atomic E-state index is 0.546. The number of aromatic nitrogens is 2. The highest BCUT2D eigenvalue weighted by Crippen LogP contribution is 2.22. The van der Waals surface area contributed by atoms with E-state index in [1.165, 1.54) is 0 Å². The molecule has 0 aliphatic rings. The molecule has 106 valence electrons. The van der Waals surface area contributed by atoms with Crippen molar-refractivity contribution in [2.24, 2.45) is 5.73 Å². The number of nitrogens with two attached hydrogens (primary N) is 1. The van der Waals surface area contributed by atoms with E-state index in [4.69, 9.17) is 10.5 Å². The van der Waals surface area contributed by atoms with Crippen molar-refractivity contribution in [2.75, 3.05) is 18.6 Å². The van der Waals surface area contributed by atoms with Gasteiger partial charge in [0.1, 0.15) is 0 Å². The molecule has 1 aromatic heterocycles. The maximum atomic E-state index is 5.60. The molecule has 2 N–H and O–H groups in total. The Hall–Kier alpha value is -2.14. The van der Waals surface area contributed by atoms with Crippen molar-refractivity contribution in [3.05, 3.63) is 42.2 Å². The Morgan fingerprint density at radius 3 is 2.60 bits per heavy atom. The van der Waals surface area contributed by atoms with Crippen LogP contribution in [0, 0.1) is 0 Å². The summed E-state index contributed by atoms with van der Waals surface area (Å²) in [6.45, 7) is 3.25. The molecule has 0 aliphatic heterocycles. The van der Waals surface area contributed by atoms with Crippen LogP contribution < -0.4 is 15.4 Å². The third kappa shape index (κ3) is 3.45. The fraction of sp³-hybridized carbons (Fsp3) is 0.333. The Balaban J connectivity index is 2.16. The summed E-state index contributed by atoms with van der Waals surface area (Å²) in [4.78, 5) is 10.6. The van der Waals surface area contributed by atoms with E-state index in [2.05, 4.69) is 16.9 Å². The summed E-state index contributed by atoms with van der Waals surface area (Å²) in [5.74, 6) is 1.30. The monoisotopic (exact) mass is 272 g/mol. The lowest BCUT2D eigenvalue weighted by Gasteiger charge is -2.18. The van der Waals surface area contributed by atoms with Gasteiger partial charge in [-0.05, 0) is 24.1 Å². The first-order chi connectivity index (χ1) is 9.74. The Labute approximate surface area is 119 Å². The molecule has 0 unspecified atom stereocenters. The summed E-state index contributed by atoms with van der Waals surface area (Å²) < 4.78 is 5.50. The highest BCUT2D eigenvalue weighted by molar-refractivity contribution is 5.58. The second-order valence-corrected chi connectivity index (χ2v) is 4.49. The van der Waals surface area contributed by atoms with Gasteiger partial charge >= 0.3 is 0 Å². The second-order valence-electron chi connectivity index (χ2n) is 4.49. The van der Waals surface area contributed by atoms with Crippen LogP contribution in [-0.4, -0.2) is 23.6 Å². The summed E-state index contributed by atoms with van der Waals surface area (Å²) in [6, 6.07) is 8.06. The first kappa shape index (κ1) is 14.3. The molecule has 0 aliphatic carbocycles. The predicted molar refractivity (Wildman–Crippen MR) is 80.2 cm³/mol. The van der Waals surface area contributed by atoms with E-state index in [1.807, 2.05) is 36.2 Å². The van der Waals surface area contributed by atoms with Crippen molar-refractivity contribution in [3.8, 4) is 5.88 Å². The van der Waals surface area contributed by atoms with Gasteiger partial charge in [-0.15, -0.1) is 0 Å². The van der Waals surface area contributed by atoms with E-state index in [0.717, 1.165) is 23.5 Å². The molecule has 0 spiro atoms. The molecule has 0 bridgehead atoms. The second kappa shape index (κ2) is 6.86. The van der Waals surface area contributed by atoms with Crippen LogP contribution in [0.1, 0.15) is 18.9 Å². The number of hydrogen-bond donors (Lipinski definition) is 1. The Morgan fingerprint density at radius 2 is 1.95 bits per heavy atom. The Morgan fingerprint density at radius 1 is 1.20 bits per heavy atom. The Bertz CT molecular complexity index is 542. The van der Waals surface area contributed by atoms with Gasteiger partial charge < -0.3 is 15.4 Å². The van der Waals surface area contributed by atoms with Crippen LogP contribution in [0.3, 0.4) is 0 Å². The minimum atomic E-state index is 0.546. The number of benzene rings is 1. The van der Waals surface area contributed by atoms with Gasteiger partial charge in [-0.3, -0.25) is 4.98 Å². The van der Waals surface area contributed by atoms with E-state index in [0.29, 0.717) is 19.0 Å². The molecule has 2 aromatic rings. The number of rotatable bonds is 6. The first-order valence-corrected chi connectivity index (χ1v) is 6.72. The largest absolute Gasteiger partial charge is 0.477 e. The molecule has 0 fully saturated rings. The molecule has 5 heteroatoms. The lowest BCUT2D eigenvalue weighted by Crippen LogP contribution is -2.12. The molecule has 0 atom stereocenters. The highest BCUT2D eigenvalue weighted by atomic mass is 16.5. The van der Waals surface area contributed by atoms with Gasteiger partial charge in [0, 0.05) is 19.3 Å². The zero-order chi connectivity index (χ0) is 14.4. The van der Waals surface area contributed by atoms with Gasteiger partial charge in [0.25, 0.3) is 0 Å². The molecule has 5 nitrogen and oxygen atoms in total. The van der Waals surface area contributed by atoms with Crippen LogP contribution in [0.15, 0.2) is 36.7 Å². The van der Waals surface area contributed by atoms with Crippen molar-refractivity contribution in [2.45, 2.75) is 19.9 Å². The van der Waals surface area contributed by atoms with E-state index in [-0.39, 0.29) is 0 Å². The molecule has 0 radical (unpaired) electrons. The molecule has 2 rings (SSSR count). The summed E-state index contributed by atoms with van der Waals surface area (Å²) >= 11 is 0. The normalized spacial score (nSPS) is 10.3. The van der Waals surface area contributed by atoms with Crippen LogP contribution in [-0.2, 0) is 6.54 Å². The van der Waals surface area contributed by atoms with Crippen LogP contribution in [0.2, 0.25) is 0 Å². The fourth-order valence-electron chi connectivity index (χ4n) is 1.76. The molecular weight excluding hydrogens is 252 g/mol. The fourth-order valence-corrected chi connectivity index (χ4v) is 1.76. The van der Waals surface area contributed by atoms with Crippen LogP contribution >= 0.6 is 0 Å². The van der Waals surface area contributed by atoms with Gasteiger partial charge in [-0.1, -0.05) is 19.1 Å². The topological polar surface area (TPSA) is 64.3 Å². The van der Waals surface area contributed by atoms with Gasteiger partial charge in [0.05, 0.1) is 19.0 Å².